The van der Waals surface area contributed by atoms with Gasteiger partial charge in [0.15, 0.2) is 6.29 Å². The van der Waals surface area contributed by atoms with Crippen LogP contribution in [0.2, 0.25) is 0 Å². The molecule has 1 unspecified atom stereocenters. The molecule has 2 aromatic carbocycles. The summed E-state index contributed by atoms with van der Waals surface area (Å²) in [5, 5.41) is 2.02. The van der Waals surface area contributed by atoms with Gasteiger partial charge in [-0.25, -0.2) is 0 Å². The number of carbonyl (C=O) groups is 1. The Morgan fingerprint density at radius 1 is 1.22 bits per heavy atom. The Balaban J connectivity index is 2.36. The van der Waals surface area contributed by atoms with Gasteiger partial charge in [-0.2, -0.15) is 0 Å². The van der Waals surface area contributed by atoms with Crippen molar-refractivity contribution in [2.45, 2.75) is 20.3 Å². The molecule has 0 aliphatic carbocycles. The van der Waals surface area contributed by atoms with Crippen molar-refractivity contribution in [3.63, 3.8) is 0 Å². The molecule has 0 fully saturated rings. The zero-order chi connectivity index (χ0) is 13.0. The first-order chi connectivity index (χ1) is 8.76. The lowest BCUT2D eigenvalue weighted by Gasteiger charge is -2.13. The second-order valence-electron chi connectivity index (χ2n) is 4.64. The molecule has 0 aliphatic heterocycles. The summed E-state index contributed by atoms with van der Waals surface area (Å²) in [6, 6.07) is 11.7. The van der Waals surface area contributed by atoms with E-state index in [1.165, 1.54) is 0 Å². The van der Waals surface area contributed by atoms with Crippen molar-refractivity contribution in [3.8, 4) is 5.75 Å². The minimum absolute atomic E-state index is 0.496. The molecule has 18 heavy (non-hydrogen) atoms. The summed E-state index contributed by atoms with van der Waals surface area (Å²) in [5.74, 6) is 1.18. The van der Waals surface area contributed by atoms with Gasteiger partial charge in [0, 0.05) is 0 Å². The maximum absolute atomic E-state index is 11.3. The fourth-order valence-corrected chi connectivity index (χ4v) is 1.87. The number of carbonyl (C=O) groups excluding carboxylic acids is 1. The topological polar surface area (TPSA) is 26.3 Å². The van der Waals surface area contributed by atoms with E-state index in [4.69, 9.17) is 4.74 Å². The Hall–Kier alpha value is -1.83. The summed E-state index contributed by atoms with van der Waals surface area (Å²) in [6.45, 7) is 4.92. The van der Waals surface area contributed by atoms with Gasteiger partial charge in [-0.15, -0.1) is 0 Å². The molecule has 0 radical (unpaired) electrons. The average molecular weight is 242 g/mol. The Bertz CT molecular complexity index is 546. The van der Waals surface area contributed by atoms with E-state index in [1.807, 2.05) is 36.4 Å². The number of benzene rings is 2. The predicted molar refractivity (Wildman–Crippen MR) is 74.3 cm³/mol. The number of fused-ring (bicyclic) bond motifs is 1. The van der Waals surface area contributed by atoms with E-state index in [9.17, 15) is 4.79 Å². The maximum atomic E-state index is 11.3. The molecular formula is C16H18O2. The zero-order valence-electron chi connectivity index (χ0n) is 10.8. The quantitative estimate of drug-likeness (QED) is 0.738. The smallest absolute Gasteiger partial charge is 0.154 e. The lowest BCUT2D eigenvalue weighted by Crippen LogP contribution is -2.08. The SMILES string of the molecule is CCC(C)COc1ccc2ccccc2c1C=O. The van der Waals surface area contributed by atoms with Gasteiger partial charge in [-0.3, -0.25) is 4.79 Å². The van der Waals surface area contributed by atoms with Gasteiger partial charge in [0.2, 0.25) is 0 Å². The van der Waals surface area contributed by atoms with Crippen molar-refractivity contribution < 1.29 is 9.53 Å². The normalized spacial score (nSPS) is 12.3. The summed E-state index contributed by atoms with van der Waals surface area (Å²) < 4.78 is 5.76. The number of hydrogen-bond acceptors (Lipinski definition) is 2. The second kappa shape index (κ2) is 5.67. The molecule has 0 saturated carbocycles. The number of rotatable bonds is 5. The highest BCUT2D eigenvalue weighted by Gasteiger charge is 2.09. The van der Waals surface area contributed by atoms with Crippen molar-refractivity contribution in [2.75, 3.05) is 6.61 Å². The van der Waals surface area contributed by atoms with Gasteiger partial charge in [0.05, 0.1) is 12.2 Å². The van der Waals surface area contributed by atoms with Gasteiger partial charge in [-0.1, -0.05) is 50.6 Å². The van der Waals surface area contributed by atoms with Gasteiger partial charge in [-0.05, 0) is 22.8 Å². The lowest BCUT2D eigenvalue weighted by atomic mass is 10.0. The van der Waals surface area contributed by atoms with Crippen LogP contribution in [0.1, 0.15) is 30.6 Å². The molecule has 2 aromatic rings. The van der Waals surface area contributed by atoms with Crippen molar-refractivity contribution in [1.29, 1.82) is 0 Å². The van der Waals surface area contributed by atoms with Gasteiger partial charge >= 0.3 is 0 Å². The average Bonchev–Trinajstić information content (AvgIpc) is 2.43. The molecule has 0 bridgehead atoms. The monoisotopic (exact) mass is 242 g/mol. The molecule has 0 aromatic heterocycles. The number of hydrogen-bond donors (Lipinski definition) is 0. The van der Waals surface area contributed by atoms with Crippen LogP contribution in [-0.2, 0) is 0 Å². The number of aldehydes is 1. The molecule has 94 valence electrons. The molecule has 2 heteroatoms. The van der Waals surface area contributed by atoms with E-state index < -0.39 is 0 Å². The van der Waals surface area contributed by atoms with E-state index in [-0.39, 0.29) is 0 Å². The van der Waals surface area contributed by atoms with E-state index in [0.717, 1.165) is 23.5 Å². The molecule has 0 spiro atoms. The minimum atomic E-state index is 0.496. The molecule has 0 aliphatic rings. The van der Waals surface area contributed by atoms with Crippen LogP contribution in [0.5, 0.6) is 5.75 Å². The first-order valence-electron chi connectivity index (χ1n) is 6.36. The highest BCUT2D eigenvalue weighted by atomic mass is 16.5. The first-order valence-corrected chi connectivity index (χ1v) is 6.36. The van der Waals surface area contributed by atoms with Gasteiger partial charge in [0.1, 0.15) is 5.75 Å². The van der Waals surface area contributed by atoms with E-state index in [1.54, 1.807) is 0 Å². The Morgan fingerprint density at radius 2 is 2.00 bits per heavy atom. The summed E-state index contributed by atoms with van der Waals surface area (Å²) in [6.07, 6.45) is 1.96. The first kappa shape index (κ1) is 12.6. The van der Waals surface area contributed by atoms with Crippen LogP contribution in [0.4, 0.5) is 0 Å². The van der Waals surface area contributed by atoms with Crippen LogP contribution in [0.25, 0.3) is 10.8 Å². The minimum Gasteiger partial charge on any atom is -0.493 e. The molecule has 0 saturated heterocycles. The van der Waals surface area contributed by atoms with Gasteiger partial charge < -0.3 is 4.74 Å². The summed E-state index contributed by atoms with van der Waals surface area (Å²) in [4.78, 5) is 11.3. The summed E-state index contributed by atoms with van der Waals surface area (Å²) in [7, 11) is 0. The molecule has 1 atom stereocenters. The number of ether oxygens (including phenoxy) is 1. The third kappa shape index (κ3) is 2.53. The van der Waals surface area contributed by atoms with Crippen molar-refractivity contribution in [1.82, 2.24) is 0 Å². The molecule has 2 rings (SSSR count). The van der Waals surface area contributed by atoms with E-state index in [2.05, 4.69) is 13.8 Å². The fourth-order valence-electron chi connectivity index (χ4n) is 1.87. The van der Waals surface area contributed by atoms with Crippen molar-refractivity contribution in [3.05, 3.63) is 42.0 Å². The molecule has 2 nitrogen and oxygen atoms in total. The largest absolute Gasteiger partial charge is 0.493 e. The Labute approximate surface area is 108 Å². The van der Waals surface area contributed by atoms with Crippen molar-refractivity contribution >= 4 is 17.1 Å². The van der Waals surface area contributed by atoms with Crippen molar-refractivity contribution in [2.24, 2.45) is 5.92 Å². The molecule has 0 amide bonds. The zero-order valence-corrected chi connectivity index (χ0v) is 10.8. The lowest BCUT2D eigenvalue weighted by molar-refractivity contribution is 0.112. The summed E-state index contributed by atoms with van der Waals surface area (Å²) >= 11 is 0. The van der Waals surface area contributed by atoms with Gasteiger partial charge in [0.25, 0.3) is 0 Å². The fraction of sp³-hybridized carbons (Fsp3) is 0.312. The molecule has 0 heterocycles. The van der Waals surface area contributed by atoms with Crippen LogP contribution >= 0.6 is 0 Å². The van der Waals surface area contributed by atoms with Crippen LogP contribution in [-0.4, -0.2) is 12.9 Å². The molecule has 0 N–H and O–H groups in total. The maximum Gasteiger partial charge on any atom is 0.154 e. The van der Waals surface area contributed by atoms with Crippen LogP contribution in [0.3, 0.4) is 0 Å². The Kier molecular flexibility index (Phi) is 3.98. The van der Waals surface area contributed by atoms with E-state index >= 15 is 0 Å². The van der Waals surface area contributed by atoms with Crippen LogP contribution in [0, 0.1) is 5.92 Å². The highest BCUT2D eigenvalue weighted by molar-refractivity contribution is 6.00. The third-order valence-corrected chi connectivity index (χ3v) is 3.27. The molecular weight excluding hydrogens is 224 g/mol. The van der Waals surface area contributed by atoms with Crippen LogP contribution in [0.15, 0.2) is 36.4 Å². The standard InChI is InChI=1S/C16H18O2/c1-3-12(2)11-18-16-9-8-13-6-4-5-7-14(13)15(16)10-17/h4-10,12H,3,11H2,1-2H3. The van der Waals surface area contributed by atoms with Crippen LogP contribution < -0.4 is 4.74 Å². The predicted octanol–water partition coefficient (Wildman–Crippen LogP) is 4.08. The highest BCUT2D eigenvalue weighted by Crippen LogP contribution is 2.27. The summed E-state index contributed by atoms with van der Waals surface area (Å²) in [5.41, 5.74) is 0.649. The van der Waals surface area contributed by atoms with E-state index in [0.29, 0.717) is 23.8 Å². The third-order valence-electron chi connectivity index (χ3n) is 3.27. The second-order valence-corrected chi connectivity index (χ2v) is 4.64. The Morgan fingerprint density at radius 3 is 2.72 bits per heavy atom.